The van der Waals surface area contributed by atoms with Crippen molar-refractivity contribution in [2.75, 3.05) is 0 Å². The Morgan fingerprint density at radius 1 is 0.310 bits per heavy atom. The first-order chi connectivity index (χ1) is 35.1. The number of thiophene rings is 1. The molecule has 1 spiro atoms. The molecule has 4 bridgehead atoms. The lowest BCUT2D eigenvalue weighted by Crippen LogP contribution is -2.55. The molecule has 0 radical (unpaired) electrons. The quantitative estimate of drug-likeness (QED) is 0.158. The standard InChI is InChI=1S/C64H46N6S/c1-5-13-40(14-6-1)41-21-23-45(24-22-41)61-66-60(44-19-11-4-12-20-44)69-63(70-61)47-26-28-51-53-36-55-52(37-57(53)71-56(51)35-47)50-27-25-46(34-54(50)64(55)48-30-38-29-39(32-48)33-49(64)31-38)62-67-58(42-15-7-2-8-16-42)65-59(68-62)43-17-9-3-10-18-43/h1-28,34-39,48-49H,29-33H2. The van der Waals surface area contributed by atoms with Gasteiger partial charge >= 0.3 is 0 Å². The van der Waals surface area contributed by atoms with Crippen LogP contribution in [-0.4, -0.2) is 29.9 Å². The lowest BCUT2D eigenvalue weighted by atomic mass is 9.43. The van der Waals surface area contributed by atoms with Gasteiger partial charge in [0.25, 0.3) is 0 Å². The van der Waals surface area contributed by atoms with Crippen LogP contribution < -0.4 is 0 Å². The Bertz CT molecular complexity index is 3790. The highest BCUT2D eigenvalue weighted by Crippen LogP contribution is 2.70. The fourth-order valence-electron chi connectivity index (χ4n) is 13.5. The second kappa shape index (κ2) is 16.0. The van der Waals surface area contributed by atoms with Crippen molar-refractivity contribution in [2.24, 2.45) is 23.7 Å². The third kappa shape index (κ3) is 6.59. The minimum atomic E-state index is -0.0531. The van der Waals surface area contributed by atoms with Crippen molar-refractivity contribution in [1.82, 2.24) is 29.9 Å². The smallest absolute Gasteiger partial charge is 0.164 e. The van der Waals surface area contributed by atoms with Crippen molar-refractivity contribution in [1.29, 1.82) is 0 Å². The largest absolute Gasteiger partial charge is 0.208 e. The van der Waals surface area contributed by atoms with E-state index in [2.05, 4.69) is 158 Å². The number of nitrogens with zero attached hydrogens (tertiary/aromatic N) is 6. The molecule has 71 heavy (non-hydrogen) atoms. The Morgan fingerprint density at radius 3 is 1.21 bits per heavy atom. The second-order valence-electron chi connectivity index (χ2n) is 20.3. The van der Waals surface area contributed by atoms with E-state index in [-0.39, 0.29) is 5.41 Å². The van der Waals surface area contributed by atoms with Crippen LogP contribution in [0.5, 0.6) is 0 Å². The number of fused-ring (bicyclic) bond motifs is 6. The molecule has 4 saturated carbocycles. The summed E-state index contributed by atoms with van der Waals surface area (Å²) >= 11 is 1.88. The van der Waals surface area contributed by atoms with E-state index in [0.29, 0.717) is 41.0 Å². The summed E-state index contributed by atoms with van der Waals surface area (Å²) in [4.78, 5) is 30.8. The van der Waals surface area contributed by atoms with E-state index in [1.165, 1.54) is 80.1 Å². The number of rotatable bonds is 7. The van der Waals surface area contributed by atoms with Crippen LogP contribution in [0.4, 0.5) is 0 Å². The molecule has 7 heteroatoms. The molecule has 5 aliphatic rings. The normalized spacial score (nSPS) is 20.5. The number of benzene rings is 8. The molecular weight excluding hydrogens is 885 g/mol. The minimum Gasteiger partial charge on any atom is -0.208 e. The van der Waals surface area contributed by atoms with Gasteiger partial charge in [-0.25, -0.2) is 29.9 Å². The zero-order valence-corrected chi connectivity index (χ0v) is 39.7. The lowest BCUT2D eigenvalue weighted by molar-refractivity contribution is -0.0398. The Balaban J connectivity index is 0.862. The topological polar surface area (TPSA) is 77.3 Å². The highest BCUT2D eigenvalue weighted by molar-refractivity contribution is 7.25. The summed E-state index contributed by atoms with van der Waals surface area (Å²) in [5.74, 6) is 6.98. The summed E-state index contributed by atoms with van der Waals surface area (Å²) in [6.45, 7) is 0. The van der Waals surface area contributed by atoms with Crippen molar-refractivity contribution < 1.29 is 0 Å². The van der Waals surface area contributed by atoms with Crippen LogP contribution in [0.15, 0.2) is 194 Å². The first-order valence-corrected chi connectivity index (χ1v) is 25.9. The highest BCUT2D eigenvalue weighted by atomic mass is 32.1. The van der Waals surface area contributed by atoms with Crippen LogP contribution in [0, 0.1) is 23.7 Å². The second-order valence-corrected chi connectivity index (χ2v) is 21.4. The minimum absolute atomic E-state index is 0.0531. The first-order valence-electron chi connectivity index (χ1n) is 25.1. The maximum absolute atomic E-state index is 5.22. The van der Waals surface area contributed by atoms with Gasteiger partial charge in [0, 0.05) is 59.0 Å². The van der Waals surface area contributed by atoms with Crippen molar-refractivity contribution in [3.8, 4) is 90.6 Å². The average molecular weight is 931 g/mol. The van der Waals surface area contributed by atoms with Gasteiger partial charge in [0.2, 0.25) is 0 Å². The van der Waals surface area contributed by atoms with Crippen LogP contribution >= 0.6 is 11.3 Å². The van der Waals surface area contributed by atoms with Gasteiger partial charge < -0.3 is 0 Å². The molecular formula is C64H46N6S. The Morgan fingerprint density at radius 2 is 0.690 bits per heavy atom. The van der Waals surface area contributed by atoms with Gasteiger partial charge in [0.1, 0.15) is 0 Å². The maximum atomic E-state index is 5.22. The molecule has 338 valence electrons. The van der Waals surface area contributed by atoms with Crippen molar-refractivity contribution in [3.63, 3.8) is 0 Å². The Labute approximate surface area is 416 Å². The zero-order chi connectivity index (χ0) is 46.6. The van der Waals surface area contributed by atoms with Crippen LogP contribution in [0.3, 0.4) is 0 Å². The van der Waals surface area contributed by atoms with E-state index in [0.717, 1.165) is 56.6 Å². The molecule has 0 amide bonds. The highest BCUT2D eigenvalue weighted by Gasteiger charge is 2.61. The average Bonchev–Trinajstić information content (AvgIpc) is 3.94. The van der Waals surface area contributed by atoms with E-state index in [4.69, 9.17) is 29.9 Å². The summed E-state index contributed by atoms with van der Waals surface area (Å²) in [6.07, 6.45) is 6.63. The first kappa shape index (κ1) is 40.8. The van der Waals surface area contributed by atoms with Crippen molar-refractivity contribution >= 4 is 31.5 Å². The molecule has 0 aliphatic heterocycles. The summed E-state index contributed by atoms with van der Waals surface area (Å²) in [7, 11) is 0. The molecule has 0 atom stereocenters. The SMILES string of the molecule is c1ccc(-c2ccc(-c3nc(-c4ccccc4)nc(-c4ccc5c(c4)sc4cc6c(cc45)C4(c5cc(-c7nc(-c8ccccc8)nc(-c8ccccc8)n7)ccc5-6)C5CC6CC(C5)CC4C6)n3)cc2)cc1. The molecule has 11 aromatic rings. The van der Waals surface area contributed by atoms with E-state index in [9.17, 15) is 0 Å². The fraction of sp³-hybridized carbons (Fsp3) is 0.156. The molecule has 0 unspecified atom stereocenters. The molecule has 3 heterocycles. The van der Waals surface area contributed by atoms with Gasteiger partial charge in [-0.2, -0.15) is 0 Å². The van der Waals surface area contributed by atoms with E-state index in [1.54, 1.807) is 0 Å². The van der Waals surface area contributed by atoms with Gasteiger partial charge in [-0.1, -0.05) is 170 Å². The van der Waals surface area contributed by atoms with E-state index >= 15 is 0 Å². The predicted octanol–water partition coefficient (Wildman–Crippen LogP) is 15.8. The summed E-state index contributed by atoms with van der Waals surface area (Å²) in [5.41, 5.74) is 14.0. The Hall–Kier alpha value is -8.00. The van der Waals surface area contributed by atoms with Crippen LogP contribution in [0.25, 0.3) is 111 Å². The van der Waals surface area contributed by atoms with Gasteiger partial charge in [-0.3, -0.25) is 0 Å². The molecule has 16 rings (SSSR count). The number of aromatic nitrogens is 6. The molecule has 6 nitrogen and oxygen atoms in total. The molecule has 3 aromatic heterocycles. The van der Waals surface area contributed by atoms with Crippen molar-refractivity contribution in [2.45, 2.75) is 37.5 Å². The molecule has 0 N–H and O–H groups in total. The van der Waals surface area contributed by atoms with E-state index < -0.39 is 0 Å². The maximum Gasteiger partial charge on any atom is 0.164 e. The summed E-state index contributed by atoms with van der Waals surface area (Å²) in [5, 5.41) is 2.63. The monoisotopic (exact) mass is 930 g/mol. The molecule has 5 aliphatic carbocycles. The van der Waals surface area contributed by atoms with E-state index in [1.807, 2.05) is 47.7 Å². The summed E-state index contributed by atoms with van der Waals surface area (Å²) < 4.78 is 2.55. The summed E-state index contributed by atoms with van der Waals surface area (Å²) in [6, 6.07) is 69.1. The Kier molecular flexibility index (Phi) is 9.22. The fourth-order valence-corrected chi connectivity index (χ4v) is 14.6. The molecule has 4 fully saturated rings. The van der Waals surface area contributed by atoms with Gasteiger partial charge in [0.05, 0.1) is 0 Å². The van der Waals surface area contributed by atoms with Gasteiger partial charge in [0.15, 0.2) is 34.9 Å². The van der Waals surface area contributed by atoms with Crippen LogP contribution in [0.1, 0.15) is 43.2 Å². The molecule has 0 saturated heterocycles. The predicted molar refractivity (Wildman–Crippen MR) is 287 cm³/mol. The lowest BCUT2D eigenvalue weighted by Gasteiger charge is -2.61. The molecule has 8 aromatic carbocycles. The van der Waals surface area contributed by atoms with Gasteiger partial charge in [-0.15, -0.1) is 11.3 Å². The van der Waals surface area contributed by atoms with Crippen LogP contribution in [0.2, 0.25) is 0 Å². The third-order valence-electron chi connectivity index (χ3n) is 16.4. The van der Waals surface area contributed by atoms with Crippen LogP contribution in [-0.2, 0) is 5.41 Å². The zero-order valence-electron chi connectivity index (χ0n) is 38.9. The number of hydrogen-bond donors (Lipinski definition) is 0. The third-order valence-corrected chi connectivity index (χ3v) is 17.5. The van der Waals surface area contributed by atoms with Crippen molar-refractivity contribution in [3.05, 3.63) is 205 Å². The van der Waals surface area contributed by atoms with Gasteiger partial charge in [-0.05, 0) is 113 Å². The number of hydrogen-bond acceptors (Lipinski definition) is 7.